The number of ether oxygens (including phenoxy) is 1. The van der Waals surface area contributed by atoms with Crippen LogP contribution in [0.4, 0.5) is 10.7 Å². The molecular formula is C11H14N2O3S. The van der Waals surface area contributed by atoms with Gasteiger partial charge in [0.25, 0.3) is 0 Å². The van der Waals surface area contributed by atoms with Gasteiger partial charge in [-0.15, -0.1) is 11.3 Å². The molecule has 1 heterocycles. The predicted molar refractivity (Wildman–Crippen MR) is 66.7 cm³/mol. The standard InChI is InChI=1S/C11H14N2O3S/c1-13-10-6(11(15)16-2)7(12)9(17-10)8(14)5-3-4-5/h5,13H,3-4,12H2,1-2H3. The van der Waals surface area contributed by atoms with Crippen LogP contribution in [-0.2, 0) is 4.74 Å². The van der Waals surface area contributed by atoms with Crippen molar-refractivity contribution in [3.63, 3.8) is 0 Å². The van der Waals surface area contributed by atoms with Crippen LogP contribution in [0.3, 0.4) is 0 Å². The molecule has 92 valence electrons. The second-order valence-corrected chi connectivity index (χ2v) is 4.95. The number of nitrogens with two attached hydrogens (primary N) is 1. The highest BCUT2D eigenvalue weighted by atomic mass is 32.1. The monoisotopic (exact) mass is 254 g/mol. The Kier molecular flexibility index (Phi) is 3.06. The fourth-order valence-electron chi connectivity index (χ4n) is 1.64. The molecule has 0 radical (unpaired) electrons. The second kappa shape index (κ2) is 4.37. The molecule has 0 amide bonds. The minimum atomic E-state index is -0.516. The number of hydrogen-bond donors (Lipinski definition) is 2. The minimum Gasteiger partial charge on any atom is -0.465 e. The van der Waals surface area contributed by atoms with Crippen LogP contribution >= 0.6 is 11.3 Å². The summed E-state index contributed by atoms with van der Waals surface area (Å²) in [6.07, 6.45) is 1.83. The Morgan fingerprint density at radius 2 is 2.12 bits per heavy atom. The van der Waals surface area contributed by atoms with Gasteiger partial charge in [0.2, 0.25) is 0 Å². The molecule has 5 nitrogen and oxygen atoms in total. The third-order valence-electron chi connectivity index (χ3n) is 2.73. The maximum absolute atomic E-state index is 12.0. The van der Waals surface area contributed by atoms with Crippen LogP contribution in [0.5, 0.6) is 0 Å². The highest BCUT2D eigenvalue weighted by molar-refractivity contribution is 7.19. The van der Waals surface area contributed by atoms with Gasteiger partial charge in [0.05, 0.1) is 17.7 Å². The zero-order chi connectivity index (χ0) is 12.6. The topological polar surface area (TPSA) is 81.4 Å². The number of thiophene rings is 1. The molecule has 1 aromatic heterocycles. The molecule has 1 aliphatic rings. The van der Waals surface area contributed by atoms with Gasteiger partial charge in [0.1, 0.15) is 10.6 Å². The zero-order valence-electron chi connectivity index (χ0n) is 9.70. The SMILES string of the molecule is CNc1sc(C(=O)C2CC2)c(N)c1C(=O)OC. The summed E-state index contributed by atoms with van der Waals surface area (Å²) < 4.78 is 4.67. The van der Waals surface area contributed by atoms with E-state index in [4.69, 9.17) is 5.73 Å². The van der Waals surface area contributed by atoms with Gasteiger partial charge in [-0.3, -0.25) is 4.79 Å². The maximum atomic E-state index is 12.0. The highest BCUT2D eigenvalue weighted by Gasteiger charge is 2.35. The summed E-state index contributed by atoms with van der Waals surface area (Å²) >= 11 is 1.22. The summed E-state index contributed by atoms with van der Waals surface area (Å²) in [5, 5.41) is 3.45. The first-order valence-electron chi connectivity index (χ1n) is 5.32. The summed E-state index contributed by atoms with van der Waals surface area (Å²) in [5.74, 6) is -0.386. The van der Waals surface area contributed by atoms with Crippen molar-refractivity contribution in [1.29, 1.82) is 0 Å². The predicted octanol–water partition coefficient (Wildman–Crippen LogP) is 1.75. The van der Waals surface area contributed by atoms with E-state index >= 15 is 0 Å². The van der Waals surface area contributed by atoms with Crippen LogP contribution in [0.15, 0.2) is 0 Å². The van der Waals surface area contributed by atoms with Gasteiger partial charge in [-0.25, -0.2) is 4.79 Å². The molecule has 17 heavy (non-hydrogen) atoms. The van der Waals surface area contributed by atoms with Gasteiger partial charge in [-0.1, -0.05) is 0 Å². The number of ketones is 1. The molecule has 1 saturated carbocycles. The molecular weight excluding hydrogens is 240 g/mol. The molecule has 6 heteroatoms. The van der Waals surface area contributed by atoms with Crippen LogP contribution < -0.4 is 11.1 Å². The molecule has 0 atom stereocenters. The molecule has 1 fully saturated rings. The van der Waals surface area contributed by atoms with E-state index in [0.717, 1.165) is 12.8 Å². The Labute approximate surface area is 103 Å². The number of hydrogen-bond acceptors (Lipinski definition) is 6. The average Bonchev–Trinajstić information content (AvgIpc) is 3.11. The Bertz CT molecular complexity index is 477. The summed E-state index contributed by atoms with van der Waals surface area (Å²) in [6.45, 7) is 0. The summed E-state index contributed by atoms with van der Waals surface area (Å²) in [7, 11) is 2.98. The number of rotatable bonds is 4. The zero-order valence-corrected chi connectivity index (χ0v) is 10.5. The van der Waals surface area contributed by atoms with E-state index in [1.165, 1.54) is 18.4 Å². The van der Waals surface area contributed by atoms with E-state index in [-0.39, 0.29) is 23.0 Å². The number of nitrogens with one attached hydrogen (secondary N) is 1. The summed E-state index contributed by atoms with van der Waals surface area (Å²) in [5.41, 5.74) is 6.38. The number of nitrogen functional groups attached to an aromatic ring is 1. The number of Topliss-reactive ketones (excluding diaryl/α,β-unsaturated/α-hetero) is 1. The van der Waals surface area contributed by atoms with Crippen molar-refractivity contribution >= 4 is 33.8 Å². The fraction of sp³-hybridized carbons (Fsp3) is 0.455. The van der Waals surface area contributed by atoms with Crippen LogP contribution in [0.2, 0.25) is 0 Å². The lowest BCUT2D eigenvalue weighted by Crippen LogP contribution is -2.08. The Hall–Kier alpha value is -1.56. The highest BCUT2D eigenvalue weighted by Crippen LogP contribution is 2.41. The summed E-state index contributed by atoms with van der Waals surface area (Å²) in [4.78, 5) is 24.0. The molecule has 1 aliphatic carbocycles. The van der Waals surface area contributed by atoms with E-state index in [2.05, 4.69) is 10.1 Å². The van der Waals surface area contributed by atoms with Crippen LogP contribution in [0, 0.1) is 5.92 Å². The largest absolute Gasteiger partial charge is 0.465 e. The molecule has 2 rings (SSSR count). The number of methoxy groups -OCH3 is 1. The van der Waals surface area contributed by atoms with Crippen LogP contribution in [-0.4, -0.2) is 25.9 Å². The van der Waals surface area contributed by atoms with E-state index in [1.807, 2.05) is 0 Å². The lowest BCUT2D eigenvalue weighted by Gasteiger charge is -2.01. The van der Waals surface area contributed by atoms with Crippen molar-refractivity contribution in [1.82, 2.24) is 0 Å². The molecule has 0 aromatic carbocycles. The van der Waals surface area contributed by atoms with E-state index in [9.17, 15) is 9.59 Å². The van der Waals surface area contributed by atoms with Crippen molar-refractivity contribution in [3.05, 3.63) is 10.4 Å². The number of carbonyl (C=O) groups excluding carboxylic acids is 2. The van der Waals surface area contributed by atoms with Crippen molar-refractivity contribution in [2.24, 2.45) is 5.92 Å². The molecule has 0 saturated heterocycles. The van der Waals surface area contributed by atoms with Crippen LogP contribution in [0.1, 0.15) is 32.9 Å². The van der Waals surface area contributed by atoms with Crippen molar-refractivity contribution in [2.75, 3.05) is 25.2 Å². The average molecular weight is 254 g/mol. The quantitative estimate of drug-likeness (QED) is 0.632. The normalized spacial score (nSPS) is 14.5. The fourth-order valence-corrected chi connectivity index (χ4v) is 2.72. The molecule has 1 aromatic rings. The van der Waals surface area contributed by atoms with Crippen molar-refractivity contribution in [2.45, 2.75) is 12.8 Å². The smallest absolute Gasteiger partial charge is 0.343 e. The van der Waals surface area contributed by atoms with Gasteiger partial charge in [0.15, 0.2) is 5.78 Å². The Morgan fingerprint density at radius 3 is 2.59 bits per heavy atom. The third kappa shape index (κ3) is 2.00. The van der Waals surface area contributed by atoms with E-state index in [1.54, 1.807) is 7.05 Å². The molecule has 0 spiro atoms. The number of anilines is 2. The molecule has 3 N–H and O–H groups in total. The van der Waals surface area contributed by atoms with Gasteiger partial charge < -0.3 is 15.8 Å². The molecule has 0 aliphatic heterocycles. The van der Waals surface area contributed by atoms with E-state index in [0.29, 0.717) is 9.88 Å². The summed E-state index contributed by atoms with van der Waals surface area (Å²) in [6, 6.07) is 0. The Morgan fingerprint density at radius 1 is 1.47 bits per heavy atom. The third-order valence-corrected chi connectivity index (χ3v) is 3.97. The maximum Gasteiger partial charge on any atom is 0.343 e. The molecule has 0 unspecified atom stereocenters. The number of carbonyl (C=O) groups is 2. The van der Waals surface area contributed by atoms with Gasteiger partial charge in [0, 0.05) is 13.0 Å². The lowest BCUT2D eigenvalue weighted by molar-refractivity contribution is 0.0603. The first kappa shape index (κ1) is 11.9. The van der Waals surface area contributed by atoms with E-state index < -0.39 is 5.97 Å². The van der Waals surface area contributed by atoms with Gasteiger partial charge in [-0.2, -0.15) is 0 Å². The van der Waals surface area contributed by atoms with Crippen molar-refractivity contribution < 1.29 is 14.3 Å². The van der Waals surface area contributed by atoms with Gasteiger partial charge in [-0.05, 0) is 12.8 Å². The molecule has 0 bridgehead atoms. The Balaban J connectivity index is 2.44. The number of esters is 1. The first-order valence-corrected chi connectivity index (χ1v) is 6.14. The van der Waals surface area contributed by atoms with Gasteiger partial charge >= 0.3 is 5.97 Å². The first-order chi connectivity index (χ1) is 8.10. The minimum absolute atomic E-state index is 0.0409. The lowest BCUT2D eigenvalue weighted by atomic mass is 10.1. The van der Waals surface area contributed by atoms with Crippen LogP contribution in [0.25, 0.3) is 0 Å². The second-order valence-electron chi connectivity index (χ2n) is 3.93. The van der Waals surface area contributed by atoms with Crippen molar-refractivity contribution in [3.8, 4) is 0 Å².